The molecule has 0 saturated carbocycles. The lowest BCUT2D eigenvalue weighted by atomic mass is 10.1. The molecule has 1 aromatic rings. The van der Waals surface area contributed by atoms with Crippen molar-refractivity contribution in [3.05, 3.63) is 35.4 Å². The molecular formula is C9H8N2O3. The van der Waals surface area contributed by atoms with Gasteiger partial charge < -0.3 is 4.84 Å². The number of benzene rings is 1. The third kappa shape index (κ3) is 1.66. The Morgan fingerprint density at radius 1 is 1.29 bits per heavy atom. The molecule has 0 amide bonds. The lowest BCUT2D eigenvalue weighted by molar-refractivity contribution is 0.0210. The summed E-state index contributed by atoms with van der Waals surface area (Å²) in [5.74, 6) is 0.379. The van der Waals surface area contributed by atoms with Gasteiger partial charge in [-0.15, -0.1) is 0 Å². The normalized spacial score (nSPS) is 14.9. The molecule has 0 aromatic heterocycles. The highest BCUT2D eigenvalue weighted by molar-refractivity contribution is 5.99. The molecule has 0 atom stereocenters. The average Bonchev–Trinajstić information content (AvgIpc) is 2.21. The molecule has 0 unspecified atom stereocenters. The van der Waals surface area contributed by atoms with E-state index in [1.54, 1.807) is 0 Å². The highest BCUT2D eigenvalue weighted by atomic mass is 16.9. The van der Waals surface area contributed by atoms with Crippen molar-refractivity contribution in [2.45, 2.75) is 6.92 Å². The van der Waals surface area contributed by atoms with Crippen LogP contribution in [0.2, 0.25) is 0 Å². The summed E-state index contributed by atoms with van der Waals surface area (Å²) in [4.78, 5) is 19.3. The van der Waals surface area contributed by atoms with Crippen LogP contribution in [-0.4, -0.2) is 12.0 Å². The van der Waals surface area contributed by atoms with Crippen molar-refractivity contribution >= 4 is 12.0 Å². The maximum absolute atomic E-state index is 10.5. The monoisotopic (exact) mass is 192 g/mol. The highest BCUT2D eigenvalue weighted by Crippen LogP contribution is 2.06. The molecule has 0 spiro atoms. The zero-order valence-corrected chi connectivity index (χ0v) is 7.48. The van der Waals surface area contributed by atoms with Gasteiger partial charge >= 0.3 is 6.16 Å². The van der Waals surface area contributed by atoms with Crippen LogP contribution >= 0.6 is 0 Å². The van der Waals surface area contributed by atoms with Gasteiger partial charge in [-0.3, -0.25) is 4.84 Å². The minimum Gasteiger partial charge on any atom is -0.305 e. The number of carbonyl (C=O) groups excluding carboxylic acids is 1. The summed E-state index contributed by atoms with van der Waals surface area (Å²) in [6.45, 7) is 1.98. The van der Waals surface area contributed by atoms with Crippen molar-refractivity contribution in [2.24, 2.45) is 5.16 Å². The summed E-state index contributed by atoms with van der Waals surface area (Å²) in [5.41, 5.74) is 4.32. The fraction of sp³-hybridized carbons (Fsp3) is 0.111. The third-order valence-electron chi connectivity index (χ3n) is 1.77. The highest BCUT2D eigenvalue weighted by Gasteiger charge is 2.15. The second-order valence-electron chi connectivity index (χ2n) is 2.85. The maximum atomic E-state index is 10.5. The number of hydroxylamine groups is 1. The molecule has 0 fully saturated rings. The first-order valence-electron chi connectivity index (χ1n) is 4.04. The van der Waals surface area contributed by atoms with Gasteiger partial charge in [-0.25, -0.2) is 0 Å². The van der Waals surface area contributed by atoms with Crippen molar-refractivity contribution < 1.29 is 14.5 Å². The minimum atomic E-state index is -0.860. The number of nitrogens with one attached hydrogen (secondary N) is 1. The molecule has 1 heterocycles. The first-order valence-corrected chi connectivity index (χ1v) is 4.04. The van der Waals surface area contributed by atoms with E-state index in [0.717, 1.165) is 11.1 Å². The Morgan fingerprint density at radius 2 is 2.00 bits per heavy atom. The molecule has 1 aliphatic rings. The van der Waals surface area contributed by atoms with E-state index >= 15 is 0 Å². The van der Waals surface area contributed by atoms with E-state index in [1.807, 2.05) is 31.2 Å². The molecule has 0 saturated heterocycles. The fourth-order valence-corrected chi connectivity index (χ4v) is 1.03. The van der Waals surface area contributed by atoms with Gasteiger partial charge in [0, 0.05) is 5.56 Å². The topological polar surface area (TPSA) is 59.9 Å². The third-order valence-corrected chi connectivity index (χ3v) is 1.77. The van der Waals surface area contributed by atoms with Crippen LogP contribution < -0.4 is 5.48 Å². The molecule has 1 aromatic carbocycles. The Bertz CT molecular complexity index is 384. The van der Waals surface area contributed by atoms with Crippen LogP contribution in [0.5, 0.6) is 0 Å². The van der Waals surface area contributed by atoms with Gasteiger partial charge in [0.15, 0.2) is 0 Å². The number of rotatable bonds is 1. The second kappa shape index (κ2) is 3.37. The van der Waals surface area contributed by atoms with Gasteiger partial charge in [0.25, 0.3) is 0 Å². The molecule has 72 valence electrons. The summed E-state index contributed by atoms with van der Waals surface area (Å²) < 4.78 is 0. The molecule has 0 aliphatic carbocycles. The Hall–Kier alpha value is -2.04. The Labute approximate surface area is 80.3 Å². The van der Waals surface area contributed by atoms with E-state index in [1.165, 1.54) is 0 Å². The first-order chi connectivity index (χ1) is 6.75. The van der Waals surface area contributed by atoms with E-state index in [4.69, 9.17) is 0 Å². The van der Waals surface area contributed by atoms with Crippen LogP contribution in [-0.2, 0) is 9.68 Å². The van der Waals surface area contributed by atoms with Crippen LogP contribution in [0.4, 0.5) is 4.79 Å². The lowest BCUT2D eigenvalue weighted by Crippen LogP contribution is -2.32. The quantitative estimate of drug-likeness (QED) is 0.682. The SMILES string of the molecule is Cc1ccc(C2=NOC(=O)ON2)cc1. The number of nitrogens with zero attached hydrogens (tertiary/aromatic N) is 1. The molecule has 5 nitrogen and oxygen atoms in total. The fourth-order valence-electron chi connectivity index (χ4n) is 1.03. The summed E-state index contributed by atoms with van der Waals surface area (Å²) in [6, 6.07) is 7.55. The van der Waals surface area contributed by atoms with Gasteiger partial charge in [-0.2, -0.15) is 10.3 Å². The summed E-state index contributed by atoms with van der Waals surface area (Å²) in [5, 5.41) is 3.54. The maximum Gasteiger partial charge on any atom is 0.560 e. The van der Waals surface area contributed by atoms with Crippen molar-refractivity contribution in [2.75, 3.05) is 0 Å². The molecule has 1 N–H and O–H groups in total. The first kappa shape index (κ1) is 8.55. The van der Waals surface area contributed by atoms with Crippen molar-refractivity contribution in [1.29, 1.82) is 0 Å². The van der Waals surface area contributed by atoms with Crippen LogP contribution in [0.1, 0.15) is 11.1 Å². The van der Waals surface area contributed by atoms with Gasteiger partial charge in [-0.05, 0) is 6.92 Å². The van der Waals surface area contributed by atoms with Gasteiger partial charge in [0.05, 0.1) is 0 Å². The van der Waals surface area contributed by atoms with Gasteiger partial charge in [-0.1, -0.05) is 35.0 Å². The van der Waals surface area contributed by atoms with E-state index in [2.05, 4.69) is 20.3 Å². The second-order valence-corrected chi connectivity index (χ2v) is 2.85. The molecule has 5 heteroatoms. The number of hydrogen-bond donors (Lipinski definition) is 1. The predicted octanol–water partition coefficient (Wildman–Crippen LogP) is 1.33. The van der Waals surface area contributed by atoms with Crippen LogP contribution in [0, 0.1) is 6.92 Å². The lowest BCUT2D eigenvalue weighted by Gasteiger charge is -2.12. The number of oxime groups is 1. The predicted molar refractivity (Wildman–Crippen MR) is 48.4 cm³/mol. The molecule has 14 heavy (non-hydrogen) atoms. The molecule has 0 bridgehead atoms. The minimum absolute atomic E-state index is 0.379. The Balaban J connectivity index is 2.23. The van der Waals surface area contributed by atoms with E-state index in [9.17, 15) is 4.79 Å². The average molecular weight is 192 g/mol. The molecule has 2 rings (SSSR count). The zero-order chi connectivity index (χ0) is 9.97. The standard InChI is InChI=1S/C9H8N2O3/c1-6-2-4-7(5-3-6)8-10-13-9(12)14-11-8/h2-5H,1H3,(H,10,11). The Kier molecular flexibility index (Phi) is 2.06. The summed E-state index contributed by atoms with van der Waals surface area (Å²) >= 11 is 0. The van der Waals surface area contributed by atoms with Crippen molar-refractivity contribution in [3.8, 4) is 0 Å². The van der Waals surface area contributed by atoms with E-state index in [-0.39, 0.29) is 0 Å². The van der Waals surface area contributed by atoms with Crippen LogP contribution in [0.15, 0.2) is 29.4 Å². The number of carbonyl (C=O) groups is 1. The Morgan fingerprint density at radius 3 is 2.57 bits per heavy atom. The largest absolute Gasteiger partial charge is 0.560 e. The number of aryl methyl sites for hydroxylation is 1. The van der Waals surface area contributed by atoms with Gasteiger partial charge in [0.2, 0.25) is 5.84 Å². The number of amidine groups is 1. The van der Waals surface area contributed by atoms with Gasteiger partial charge in [0.1, 0.15) is 0 Å². The van der Waals surface area contributed by atoms with Crippen LogP contribution in [0.25, 0.3) is 0 Å². The zero-order valence-electron chi connectivity index (χ0n) is 7.48. The summed E-state index contributed by atoms with van der Waals surface area (Å²) in [7, 11) is 0. The molecule has 0 radical (unpaired) electrons. The van der Waals surface area contributed by atoms with Crippen molar-refractivity contribution in [3.63, 3.8) is 0 Å². The smallest absolute Gasteiger partial charge is 0.305 e. The van der Waals surface area contributed by atoms with Crippen molar-refractivity contribution in [1.82, 2.24) is 5.48 Å². The van der Waals surface area contributed by atoms with E-state index < -0.39 is 6.16 Å². The van der Waals surface area contributed by atoms with Crippen LogP contribution in [0.3, 0.4) is 0 Å². The molecular weight excluding hydrogens is 184 g/mol. The molecule has 1 aliphatic heterocycles. The summed E-state index contributed by atoms with van der Waals surface area (Å²) in [6.07, 6.45) is -0.860. The van der Waals surface area contributed by atoms with E-state index in [0.29, 0.717) is 5.84 Å². The number of hydrogen-bond acceptors (Lipinski definition) is 5.